The summed E-state index contributed by atoms with van der Waals surface area (Å²) in [6.07, 6.45) is 1.40. The van der Waals surface area contributed by atoms with E-state index in [0.29, 0.717) is 11.1 Å². The summed E-state index contributed by atoms with van der Waals surface area (Å²) < 4.78 is 18.5. The second kappa shape index (κ2) is 11.4. The van der Waals surface area contributed by atoms with Gasteiger partial charge in [0, 0.05) is 5.56 Å². The fourth-order valence-corrected chi connectivity index (χ4v) is 2.86. The molecule has 0 unspecified atom stereocenters. The van der Waals surface area contributed by atoms with Crippen LogP contribution in [0.4, 0.5) is 4.39 Å². The van der Waals surface area contributed by atoms with Crippen LogP contribution < -0.4 is 10.6 Å². The molecule has 0 aliphatic rings. The van der Waals surface area contributed by atoms with Gasteiger partial charge in [0.25, 0.3) is 11.8 Å². The molecule has 0 spiro atoms. The lowest BCUT2D eigenvalue weighted by Crippen LogP contribution is -2.43. The topological polar surface area (TPSA) is 84.5 Å². The van der Waals surface area contributed by atoms with Gasteiger partial charge in [-0.2, -0.15) is 0 Å². The van der Waals surface area contributed by atoms with Gasteiger partial charge in [-0.3, -0.25) is 9.59 Å². The third-order valence-electron chi connectivity index (χ3n) is 4.63. The highest BCUT2D eigenvalue weighted by atomic mass is 19.1. The lowest BCUT2D eigenvalue weighted by atomic mass is 10.1. The standard InChI is InChI=1S/C26H23FN2O4/c1-18(26(32)33-17-20-8-4-2-5-9-20)28-25(31)23(16-19-12-14-22(27)15-13-19)29-24(30)21-10-6-3-7-11-21/h2-16,18H,17H2,1H3,(H,28,31)(H,29,30)/b23-16-/t18-/m1/s1. The maximum absolute atomic E-state index is 13.2. The van der Waals surface area contributed by atoms with Crippen LogP contribution in [-0.2, 0) is 20.9 Å². The van der Waals surface area contributed by atoms with E-state index in [2.05, 4.69) is 10.6 Å². The zero-order valence-corrected chi connectivity index (χ0v) is 18.0. The first-order valence-corrected chi connectivity index (χ1v) is 10.3. The monoisotopic (exact) mass is 446 g/mol. The molecule has 2 N–H and O–H groups in total. The number of ether oxygens (including phenoxy) is 1. The van der Waals surface area contributed by atoms with Crippen LogP contribution in [0.1, 0.15) is 28.4 Å². The minimum absolute atomic E-state index is 0.0723. The Labute approximate surface area is 191 Å². The highest BCUT2D eigenvalue weighted by Crippen LogP contribution is 2.10. The van der Waals surface area contributed by atoms with Gasteiger partial charge in [-0.15, -0.1) is 0 Å². The van der Waals surface area contributed by atoms with E-state index >= 15 is 0 Å². The van der Waals surface area contributed by atoms with Crippen LogP contribution in [0.2, 0.25) is 0 Å². The summed E-state index contributed by atoms with van der Waals surface area (Å²) in [5, 5.41) is 5.10. The van der Waals surface area contributed by atoms with Crippen molar-refractivity contribution in [3.05, 3.63) is 113 Å². The first kappa shape index (κ1) is 23.4. The average Bonchev–Trinajstić information content (AvgIpc) is 2.84. The van der Waals surface area contributed by atoms with Crippen LogP contribution in [-0.4, -0.2) is 23.8 Å². The smallest absolute Gasteiger partial charge is 0.328 e. The molecule has 0 saturated heterocycles. The quantitative estimate of drug-likeness (QED) is 0.407. The van der Waals surface area contributed by atoms with E-state index in [-0.39, 0.29) is 12.3 Å². The molecule has 3 rings (SSSR count). The lowest BCUT2D eigenvalue weighted by molar-refractivity contribution is -0.148. The zero-order valence-electron chi connectivity index (χ0n) is 18.0. The van der Waals surface area contributed by atoms with E-state index in [9.17, 15) is 18.8 Å². The van der Waals surface area contributed by atoms with Crippen molar-refractivity contribution in [2.75, 3.05) is 0 Å². The number of benzene rings is 3. The molecule has 0 saturated carbocycles. The van der Waals surface area contributed by atoms with Gasteiger partial charge in [0.2, 0.25) is 0 Å². The van der Waals surface area contributed by atoms with E-state index < -0.39 is 29.6 Å². The van der Waals surface area contributed by atoms with Crippen LogP contribution in [0.5, 0.6) is 0 Å². The van der Waals surface area contributed by atoms with Gasteiger partial charge >= 0.3 is 5.97 Å². The van der Waals surface area contributed by atoms with E-state index in [1.165, 1.54) is 37.3 Å². The summed E-state index contributed by atoms with van der Waals surface area (Å²) in [4.78, 5) is 37.8. The normalized spacial score (nSPS) is 11.9. The third-order valence-corrected chi connectivity index (χ3v) is 4.63. The summed E-state index contributed by atoms with van der Waals surface area (Å²) in [7, 11) is 0. The molecule has 3 aromatic carbocycles. The number of carbonyl (C=O) groups excluding carboxylic acids is 3. The molecule has 33 heavy (non-hydrogen) atoms. The van der Waals surface area contributed by atoms with Gasteiger partial charge < -0.3 is 15.4 Å². The molecular weight excluding hydrogens is 423 g/mol. The van der Waals surface area contributed by atoms with E-state index in [0.717, 1.165) is 5.56 Å². The summed E-state index contributed by atoms with van der Waals surface area (Å²) >= 11 is 0. The van der Waals surface area contributed by atoms with Gasteiger partial charge in [0.15, 0.2) is 0 Å². The number of hydrogen-bond acceptors (Lipinski definition) is 4. The first-order valence-electron chi connectivity index (χ1n) is 10.3. The van der Waals surface area contributed by atoms with Gasteiger partial charge in [-0.05, 0) is 48.4 Å². The molecular formula is C26H23FN2O4. The Kier molecular flexibility index (Phi) is 8.07. The minimum Gasteiger partial charge on any atom is -0.459 e. The highest BCUT2D eigenvalue weighted by molar-refractivity contribution is 6.06. The van der Waals surface area contributed by atoms with Crippen molar-refractivity contribution in [3.8, 4) is 0 Å². The minimum atomic E-state index is -0.966. The molecule has 0 heterocycles. The number of nitrogens with one attached hydrogen (secondary N) is 2. The van der Waals surface area contributed by atoms with Crippen molar-refractivity contribution in [2.24, 2.45) is 0 Å². The fraction of sp³-hybridized carbons (Fsp3) is 0.115. The zero-order chi connectivity index (χ0) is 23.6. The van der Waals surface area contributed by atoms with Crippen molar-refractivity contribution in [2.45, 2.75) is 19.6 Å². The predicted molar refractivity (Wildman–Crippen MR) is 122 cm³/mol. The second-order valence-corrected chi connectivity index (χ2v) is 7.22. The molecule has 0 aromatic heterocycles. The highest BCUT2D eigenvalue weighted by Gasteiger charge is 2.21. The Morgan fingerprint density at radius 2 is 1.52 bits per heavy atom. The third kappa shape index (κ3) is 7.14. The molecule has 0 bridgehead atoms. The largest absolute Gasteiger partial charge is 0.459 e. The summed E-state index contributed by atoms with van der Waals surface area (Å²) in [6, 6.07) is 22.0. The van der Waals surface area contributed by atoms with Gasteiger partial charge in [0.05, 0.1) is 0 Å². The number of amides is 2. The first-order chi connectivity index (χ1) is 15.9. The molecule has 1 atom stereocenters. The SMILES string of the molecule is C[C@@H](NC(=O)/C(=C/c1ccc(F)cc1)NC(=O)c1ccccc1)C(=O)OCc1ccccc1. The van der Waals surface area contributed by atoms with Crippen molar-refractivity contribution in [1.82, 2.24) is 10.6 Å². The number of rotatable bonds is 8. The molecule has 6 nitrogen and oxygen atoms in total. The Morgan fingerprint density at radius 3 is 2.15 bits per heavy atom. The van der Waals surface area contributed by atoms with Crippen LogP contribution in [0.15, 0.2) is 90.6 Å². The number of carbonyl (C=O) groups is 3. The summed E-state index contributed by atoms with van der Waals surface area (Å²) in [5.74, 6) is -2.24. The van der Waals surface area contributed by atoms with Crippen LogP contribution in [0.3, 0.4) is 0 Å². The molecule has 0 aliphatic carbocycles. The van der Waals surface area contributed by atoms with Crippen LogP contribution in [0, 0.1) is 5.82 Å². The van der Waals surface area contributed by atoms with E-state index in [1.807, 2.05) is 30.3 Å². The maximum Gasteiger partial charge on any atom is 0.328 e. The molecule has 168 valence electrons. The molecule has 3 aromatic rings. The molecule has 7 heteroatoms. The fourth-order valence-electron chi connectivity index (χ4n) is 2.86. The Bertz CT molecular complexity index is 1130. The second-order valence-electron chi connectivity index (χ2n) is 7.22. The van der Waals surface area contributed by atoms with Crippen molar-refractivity contribution in [3.63, 3.8) is 0 Å². The van der Waals surface area contributed by atoms with Gasteiger partial charge in [-0.25, -0.2) is 9.18 Å². The average molecular weight is 446 g/mol. The van der Waals surface area contributed by atoms with Crippen LogP contribution in [0.25, 0.3) is 6.08 Å². The summed E-state index contributed by atoms with van der Waals surface area (Å²) in [5.41, 5.74) is 1.56. The molecule has 2 amide bonds. The maximum atomic E-state index is 13.2. The Morgan fingerprint density at radius 1 is 0.909 bits per heavy atom. The lowest BCUT2D eigenvalue weighted by Gasteiger charge is -2.16. The van der Waals surface area contributed by atoms with Crippen molar-refractivity contribution >= 4 is 23.9 Å². The number of halogens is 1. The number of esters is 1. The predicted octanol–water partition coefficient (Wildman–Crippen LogP) is 3.84. The van der Waals surface area contributed by atoms with Gasteiger partial charge in [-0.1, -0.05) is 60.7 Å². The number of hydrogen-bond donors (Lipinski definition) is 2. The molecule has 0 aliphatic heterocycles. The van der Waals surface area contributed by atoms with Crippen molar-refractivity contribution < 1.29 is 23.5 Å². The van der Waals surface area contributed by atoms with E-state index in [1.54, 1.807) is 30.3 Å². The molecule has 0 fully saturated rings. The van der Waals surface area contributed by atoms with Crippen LogP contribution >= 0.6 is 0 Å². The van der Waals surface area contributed by atoms with Gasteiger partial charge in [0.1, 0.15) is 24.2 Å². The Balaban J connectivity index is 1.71. The molecule has 0 radical (unpaired) electrons. The summed E-state index contributed by atoms with van der Waals surface area (Å²) in [6.45, 7) is 1.56. The Hall–Kier alpha value is -4.26. The van der Waals surface area contributed by atoms with E-state index in [4.69, 9.17) is 4.74 Å². The van der Waals surface area contributed by atoms with Crippen molar-refractivity contribution in [1.29, 1.82) is 0 Å².